The van der Waals surface area contributed by atoms with Crippen LogP contribution in [-0.4, -0.2) is 33.7 Å². The Balaban J connectivity index is 2.76. The number of carbonyl (C=O) groups is 1. The lowest BCUT2D eigenvalue weighted by atomic mass is 9.96. The van der Waals surface area contributed by atoms with E-state index in [1.807, 2.05) is 40.1 Å². The van der Waals surface area contributed by atoms with Crippen molar-refractivity contribution in [1.29, 1.82) is 0 Å². The van der Waals surface area contributed by atoms with Gasteiger partial charge in [-0.1, -0.05) is 6.92 Å². The second-order valence-electron chi connectivity index (χ2n) is 5.89. The zero-order chi connectivity index (χ0) is 15.9. The molecule has 0 aromatic carbocycles. The van der Waals surface area contributed by atoms with Crippen LogP contribution in [0.4, 0.5) is 0 Å². The Kier molecular flexibility index (Phi) is 6.89. The van der Waals surface area contributed by atoms with Gasteiger partial charge in [-0.25, -0.2) is 4.98 Å². The summed E-state index contributed by atoms with van der Waals surface area (Å²) in [6, 6.07) is 0.220. The first-order chi connectivity index (χ1) is 9.92. The van der Waals surface area contributed by atoms with Gasteiger partial charge in [0.25, 0.3) is 0 Å². The maximum absolute atomic E-state index is 12.3. The summed E-state index contributed by atoms with van der Waals surface area (Å²) in [5.74, 6) is 0.893. The summed E-state index contributed by atoms with van der Waals surface area (Å²) in [4.78, 5) is 16.6. The molecule has 1 N–H and O–H groups in total. The molecule has 0 fully saturated rings. The molecule has 5 heteroatoms. The van der Waals surface area contributed by atoms with Crippen LogP contribution in [0, 0.1) is 0 Å². The van der Waals surface area contributed by atoms with E-state index in [0.717, 1.165) is 25.2 Å². The van der Waals surface area contributed by atoms with Gasteiger partial charge in [-0.2, -0.15) is 0 Å². The number of hydrogen-bond donors (Lipinski definition) is 1. The SMILES string of the molecule is CCCc1nccn1CCC(C)(NC(C)C)C(=O)OCC. The molecule has 1 atom stereocenters. The summed E-state index contributed by atoms with van der Waals surface area (Å²) < 4.78 is 7.36. The molecule has 0 aliphatic rings. The third-order valence-electron chi connectivity index (χ3n) is 3.46. The lowest BCUT2D eigenvalue weighted by Crippen LogP contribution is -2.53. The van der Waals surface area contributed by atoms with Crippen molar-refractivity contribution in [2.24, 2.45) is 0 Å². The van der Waals surface area contributed by atoms with Gasteiger partial charge in [0, 0.05) is 31.4 Å². The van der Waals surface area contributed by atoms with Crippen LogP contribution in [0.15, 0.2) is 12.4 Å². The predicted octanol–water partition coefficient (Wildman–Crippen LogP) is 2.55. The van der Waals surface area contributed by atoms with Gasteiger partial charge in [0.2, 0.25) is 0 Å². The number of aromatic nitrogens is 2. The molecule has 1 aromatic rings. The normalized spacial score (nSPS) is 14.2. The molecular weight excluding hydrogens is 266 g/mol. The lowest BCUT2D eigenvalue weighted by Gasteiger charge is -2.31. The molecule has 1 aromatic heterocycles. The highest BCUT2D eigenvalue weighted by Gasteiger charge is 2.34. The van der Waals surface area contributed by atoms with Crippen molar-refractivity contribution in [2.45, 2.75) is 72.0 Å². The van der Waals surface area contributed by atoms with Crippen molar-refractivity contribution >= 4 is 5.97 Å². The summed E-state index contributed by atoms with van der Waals surface area (Å²) in [6.45, 7) is 11.1. The first-order valence-corrected chi connectivity index (χ1v) is 7.87. The molecule has 21 heavy (non-hydrogen) atoms. The van der Waals surface area contributed by atoms with E-state index in [4.69, 9.17) is 4.74 Å². The molecule has 0 radical (unpaired) electrons. The van der Waals surface area contributed by atoms with Gasteiger partial charge in [0.1, 0.15) is 11.4 Å². The van der Waals surface area contributed by atoms with Crippen LogP contribution in [0.25, 0.3) is 0 Å². The van der Waals surface area contributed by atoms with Gasteiger partial charge in [0.15, 0.2) is 0 Å². The largest absolute Gasteiger partial charge is 0.465 e. The first-order valence-electron chi connectivity index (χ1n) is 7.87. The Hall–Kier alpha value is -1.36. The summed E-state index contributed by atoms with van der Waals surface area (Å²) in [5.41, 5.74) is -0.669. The van der Waals surface area contributed by atoms with E-state index in [2.05, 4.69) is 21.8 Å². The topological polar surface area (TPSA) is 56.2 Å². The highest BCUT2D eigenvalue weighted by Crippen LogP contribution is 2.16. The van der Waals surface area contributed by atoms with Crippen LogP contribution in [0.2, 0.25) is 0 Å². The standard InChI is InChI=1S/C16H29N3O2/c1-6-8-14-17-10-12-19(14)11-9-16(5,18-13(3)4)15(20)21-7-2/h10,12-13,18H,6-9,11H2,1-5H3. The Morgan fingerprint density at radius 2 is 2.19 bits per heavy atom. The minimum atomic E-state index is -0.669. The van der Waals surface area contributed by atoms with Gasteiger partial charge in [-0.3, -0.25) is 10.1 Å². The monoisotopic (exact) mass is 295 g/mol. The Labute approximate surface area is 128 Å². The zero-order valence-electron chi connectivity index (χ0n) is 14.0. The lowest BCUT2D eigenvalue weighted by molar-refractivity contribution is -0.151. The Morgan fingerprint density at radius 3 is 2.76 bits per heavy atom. The minimum Gasteiger partial charge on any atom is -0.465 e. The number of aryl methyl sites for hydroxylation is 2. The van der Waals surface area contributed by atoms with E-state index in [0.29, 0.717) is 13.0 Å². The average Bonchev–Trinajstić information content (AvgIpc) is 2.84. The van der Waals surface area contributed by atoms with Crippen molar-refractivity contribution in [3.05, 3.63) is 18.2 Å². The van der Waals surface area contributed by atoms with Crippen molar-refractivity contribution < 1.29 is 9.53 Å². The number of nitrogens with one attached hydrogen (secondary N) is 1. The highest BCUT2D eigenvalue weighted by molar-refractivity contribution is 5.80. The molecule has 0 saturated carbocycles. The number of ether oxygens (including phenoxy) is 1. The zero-order valence-corrected chi connectivity index (χ0v) is 14.0. The molecule has 5 nitrogen and oxygen atoms in total. The van der Waals surface area contributed by atoms with E-state index >= 15 is 0 Å². The highest BCUT2D eigenvalue weighted by atomic mass is 16.5. The molecule has 0 amide bonds. The predicted molar refractivity (Wildman–Crippen MR) is 84.1 cm³/mol. The number of imidazole rings is 1. The third-order valence-corrected chi connectivity index (χ3v) is 3.46. The fraction of sp³-hybridized carbons (Fsp3) is 0.750. The summed E-state index contributed by atoms with van der Waals surface area (Å²) in [7, 11) is 0. The van der Waals surface area contributed by atoms with E-state index in [9.17, 15) is 4.79 Å². The molecule has 0 bridgehead atoms. The Morgan fingerprint density at radius 1 is 1.48 bits per heavy atom. The number of nitrogens with zero attached hydrogens (tertiary/aromatic N) is 2. The van der Waals surface area contributed by atoms with Gasteiger partial charge < -0.3 is 9.30 Å². The number of esters is 1. The van der Waals surface area contributed by atoms with Crippen LogP contribution in [0.5, 0.6) is 0 Å². The third kappa shape index (κ3) is 5.16. The van der Waals surface area contributed by atoms with E-state index in [-0.39, 0.29) is 12.0 Å². The number of rotatable bonds is 9. The van der Waals surface area contributed by atoms with Crippen molar-refractivity contribution in [3.8, 4) is 0 Å². The van der Waals surface area contributed by atoms with Crippen LogP contribution in [0.3, 0.4) is 0 Å². The van der Waals surface area contributed by atoms with Crippen molar-refractivity contribution in [3.63, 3.8) is 0 Å². The first kappa shape index (κ1) is 17.7. The van der Waals surface area contributed by atoms with E-state index in [1.165, 1.54) is 0 Å². The smallest absolute Gasteiger partial charge is 0.326 e. The van der Waals surface area contributed by atoms with Crippen LogP contribution in [-0.2, 0) is 22.5 Å². The summed E-state index contributed by atoms with van der Waals surface area (Å²) >= 11 is 0. The second kappa shape index (κ2) is 8.17. The summed E-state index contributed by atoms with van der Waals surface area (Å²) in [5, 5.41) is 3.35. The van der Waals surface area contributed by atoms with Crippen LogP contribution in [0.1, 0.15) is 53.3 Å². The molecule has 0 aliphatic heterocycles. The van der Waals surface area contributed by atoms with Crippen molar-refractivity contribution in [1.82, 2.24) is 14.9 Å². The van der Waals surface area contributed by atoms with Gasteiger partial charge >= 0.3 is 5.97 Å². The molecule has 1 heterocycles. The maximum Gasteiger partial charge on any atom is 0.326 e. The average molecular weight is 295 g/mol. The quantitative estimate of drug-likeness (QED) is 0.711. The molecular formula is C16H29N3O2. The van der Waals surface area contributed by atoms with E-state index < -0.39 is 5.54 Å². The minimum absolute atomic E-state index is 0.184. The summed E-state index contributed by atoms with van der Waals surface area (Å²) in [6.07, 6.45) is 6.50. The van der Waals surface area contributed by atoms with Gasteiger partial charge in [0.05, 0.1) is 6.61 Å². The maximum atomic E-state index is 12.3. The van der Waals surface area contributed by atoms with Crippen molar-refractivity contribution in [2.75, 3.05) is 6.61 Å². The fourth-order valence-corrected chi connectivity index (χ4v) is 2.50. The molecule has 0 saturated heterocycles. The van der Waals surface area contributed by atoms with Gasteiger partial charge in [-0.15, -0.1) is 0 Å². The van der Waals surface area contributed by atoms with Gasteiger partial charge in [-0.05, 0) is 40.5 Å². The van der Waals surface area contributed by atoms with Crippen LogP contribution >= 0.6 is 0 Å². The fourth-order valence-electron chi connectivity index (χ4n) is 2.50. The second-order valence-corrected chi connectivity index (χ2v) is 5.89. The molecule has 1 unspecified atom stereocenters. The molecule has 0 spiro atoms. The Bertz CT molecular complexity index is 442. The molecule has 1 rings (SSSR count). The molecule has 0 aliphatic carbocycles. The van der Waals surface area contributed by atoms with E-state index in [1.54, 1.807) is 0 Å². The van der Waals surface area contributed by atoms with Crippen LogP contribution < -0.4 is 5.32 Å². The number of carbonyl (C=O) groups excluding carboxylic acids is 1. The number of hydrogen-bond acceptors (Lipinski definition) is 4. The molecule has 120 valence electrons.